The fourth-order valence-corrected chi connectivity index (χ4v) is 18.4. The van der Waals surface area contributed by atoms with Gasteiger partial charge in [-0.1, -0.05) is 36.4 Å². The van der Waals surface area contributed by atoms with Crippen LogP contribution in [0.4, 0.5) is 11.4 Å². The van der Waals surface area contributed by atoms with Crippen LogP contribution in [-0.2, 0) is 34.8 Å². The van der Waals surface area contributed by atoms with Crippen molar-refractivity contribution in [2.75, 3.05) is 24.7 Å². The van der Waals surface area contributed by atoms with Gasteiger partial charge in [-0.3, -0.25) is 33.8 Å². The summed E-state index contributed by atoms with van der Waals surface area (Å²) in [5, 5.41) is 44.8. The van der Waals surface area contributed by atoms with Crippen molar-refractivity contribution in [1.82, 2.24) is 19.6 Å². The molecule has 10 aliphatic rings. The second kappa shape index (κ2) is 9.08. The Hall–Kier alpha value is -3.13. The van der Waals surface area contributed by atoms with Crippen LogP contribution >= 0.6 is 43.2 Å². The molecule has 18 heteroatoms. The average molecular weight is 755 g/mol. The van der Waals surface area contributed by atoms with Crippen LogP contribution in [0.25, 0.3) is 0 Å². The molecule has 10 aliphatic heterocycles. The number of hydrogen-bond donors (Lipinski definition) is 5. The molecule has 2 unspecified atom stereocenters. The highest BCUT2D eigenvalue weighted by atomic mass is 33.1. The molecule has 2 spiro atoms. The summed E-state index contributed by atoms with van der Waals surface area (Å²) in [5.74, 6) is -3.11. The number of para-hydroxylation sites is 2. The van der Waals surface area contributed by atoms with E-state index in [9.17, 15) is 39.3 Å². The first-order valence-corrected chi connectivity index (χ1v) is 20.3. The number of aliphatic hydroxyl groups excluding tert-OH is 3. The molecule has 2 aromatic rings. The lowest BCUT2D eigenvalue weighted by Gasteiger charge is -2.59. The number of nitrogens with zero attached hydrogens (tertiary/aromatic N) is 4. The lowest BCUT2D eigenvalue weighted by atomic mass is 9.52. The lowest BCUT2D eigenvalue weighted by Crippen LogP contribution is -2.80. The third-order valence-electron chi connectivity index (χ3n) is 12.6. The Bertz CT molecular complexity index is 2060. The summed E-state index contributed by atoms with van der Waals surface area (Å²) in [4.78, 5) is 70.2. The molecule has 0 radical (unpaired) electrons. The topological polar surface area (TPSA) is 183 Å². The molecule has 0 aromatic heterocycles. The van der Waals surface area contributed by atoms with Crippen LogP contribution in [0.5, 0.6) is 0 Å². The van der Waals surface area contributed by atoms with Gasteiger partial charge in [0.1, 0.15) is 24.5 Å². The van der Waals surface area contributed by atoms with Gasteiger partial charge in [0.15, 0.2) is 5.78 Å². The van der Waals surface area contributed by atoms with Gasteiger partial charge >= 0.3 is 0 Å². The Morgan fingerprint density at radius 2 is 1.18 bits per heavy atom. The van der Waals surface area contributed by atoms with Crippen LogP contribution in [0.15, 0.2) is 48.5 Å². The first-order valence-electron chi connectivity index (χ1n) is 16.0. The van der Waals surface area contributed by atoms with Crippen molar-refractivity contribution in [3.63, 3.8) is 0 Å². The minimum absolute atomic E-state index is 0.472. The summed E-state index contributed by atoms with van der Waals surface area (Å²) >= 11 is 0. The zero-order chi connectivity index (χ0) is 35.3. The van der Waals surface area contributed by atoms with Crippen molar-refractivity contribution < 1.29 is 39.3 Å². The van der Waals surface area contributed by atoms with Gasteiger partial charge in [0.05, 0.1) is 16.9 Å². The molecule has 0 saturated carbocycles. The van der Waals surface area contributed by atoms with E-state index in [-0.39, 0.29) is 0 Å². The maximum atomic E-state index is 15.0. The fourth-order valence-electron chi connectivity index (χ4n) is 10.5. The number of Topliss-reactive ketones (excluding diaryl/α,β-unsaturated/α-hetero) is 1. The van der Waals surface area contributed by atoms with E-state index in [1.165, 1.54) is 42.6 Å². The molecule has 0 aliphatic carbocycles. The van der Waals surface area contributed by atoms with Crippen LogP contribution in [-0.4, -0.2) is 129 Å². The summed E-state index contributed by atoms with van der Waals surface area (Å²) in [5.41, 5.74) is -1.64. The van der Waals surface area contributed by atoms with Crippen LogP contribution in [0, 0.1) is 0 Å². The second-order valence-electron chi connectivity index (χ2n) is 14.1. The molecule has 4 bridgehead atoms. The summed E-state index contributed by atoms with van der Waals surface area (Å²) in [6.45, 7) is 2.70. The number of piperazine rings is 2. The van der Waals surface area contributed by atoms with Gasteiger partial charge in [-0.2, -0.15) is 0 Å². The number of anilines is 2. The third-order valence-corrected chi connectivity index (χ3v) is 20.0. The van der Waals surface area contributed by atoms with E-state index in [4.69, 9.17) is 0 Å². The Balaban J connectivity index is 1.34. The van der Waals surface area contributed by atoms with Crippen molar-refractivity contribution >= 4 is 84.0 Å². The zero-order valence-corrected chi connectivity index (χ0v) is 30.1. The van der Waals surface area contributed by atoms with Crippen molar-refractivity contribution in [1.29, 1.82) is 0 Å². The van der Waals surface area contributed by atoms with Gasteiger partial charge in [0.2, 0.25) is 19.5 Å². The van der Waals surface area contributed by atoms with E-state index < -0.39 is 90.4 Å². The summed E-state index contributed by atoms with van der Waals surface area (Å²) in [6, 6.07) is 14.2. The number of fused-ring (bicyclic) bond motifs is 11. The largest absolute Gasteiger partial charge is 0.389 e. The van der Waals surface area contributed by atoms with Crippen molar-refractivity contribution in [3.8, 4) is 0 Å². The maximum absolute atomic E-state index is 15.0. The average Bonchev–Trinajstić information content (AvgIpc) is 3.74. The Morgan fingerprint density at radius 1 is 0.720 bits per heavy atom. The monoisotopic (exact) mass is 754 g/mol. The quantitative estimate of drug-likeness (QED) is 0.213. The number of nitrogens with one attached hydrogen (secondary N) is 2. The maximum Gasteiger partial charge on any atom is 0.271 e. The molecule has 5 N–H and O–H groups in total. The fraction of sp³-hybridized carbons (Fsp3) is 0.469. The van der Waals surface area contributed by atoms with Gasteiger partial charge in [0.25, 0.3) is 23.6 Å². The summed E-state index contributed by atoms with van der Waals surface area (Å²) < 4.78 is 0. The van der Waals surface area contributed by atoms with Crippen LogP contribution < -0.4 is 10.6 Å². The van der Waals surface area contributed by atoms with E-state index >= 15 is 0 Å². The summed E-state index contributed by atoms with van der Waals surface area (Å²) in [6.07, 6.45) is -7.27. The van der Waals surface area contributed by atoms with Crippen molar-refractivity contribution in [2.45, 2.75) is 74.8 Å². The molecule has 12 rings (SSSR count). The standard InChI is InChI=1S/C32H30N6O8S4/c1-13(39)29-25(45)37-21-27(15-9-5-7-11-17(15)33-21,19(41)31(37,49-47-29)23(43)35(29)3)28-16-10-6-8-12-18(16)34-22(28)38-26(46)30(14(2)40)36(4)24(44)32(38,20(28)42)50-48-30/h5-13,19-22,33-34,39,41-42H,1-4H3/t13?,19-,20-,21+,22+,27?,28+,29-,30-,31-,32-/m0/s1. The van der Waals surface area contributed by atoms with Gasteiger partial charge in [-0.05, 0) is 80.3 Å². The number of ketones is 1. The minimum Gasteiger partial charge on any atom is -0.389 e. The van der Waals surface area contributed by atoms with Gasteiger partial charge in [-0.25, -0.2) is 0 Å². The molecule has 10 heterocycles. The predicted octanol–water partition coefficient (Wildman–Crippen LogP) is 0.261. The molecule has 11 atom stereocenters. The Morgan fingerprint density at radius 3 is 1.68 bits per heavy atom. The number of carbonyl (C=O) groups excluding carboxylic acids is 5. The Labute approximate surface area is 300 Å². The predicted molar refractivity (Wildman–Crippen MR) is 186 cm³/mol. The van der Waals surface area contributed by atoms with E-state index in [1.807, 2.05) is 0 Å². The first-order chi connectivity index (χ1) is 23.7. The first kappa shape index (κ1) is 31.6. The molecule has 14 nitrogen and oxygen atoms in total. The van der Waals surface area contributed by atoms with Gasteiger partial charge in [-0.15, -0.1) is 0 Å². The zero-order valence-electron chi connectivity index (χ0n) is 26.8. The second-order valence-corrected chi connectivity index (χ2v) is 19.2. The number of carbonyl (C=O) groups is 5. The number of amides is 4. The third kappa shape index (κ3) is 2.61. The van der Waals surface area contributed by atoms with E-state index in [0.717, 1.165) is 48.1 Å². The minimum atomic E-state index is -1.97. The highest BCUT2D eigenvalue weighted by molar-refractivity contribution is 8.78. The van der Waals surface area contributed by atoms with Gasteiger partial charge in [0, 0.05) is 25.5 Å². The smallest absolute Gasteiger partial charge is 0.271 e. The van der Waals surface area contributed by atoms with E-state index in [2.05, 4.69) is 10.6 Å². The molecular formula is C32H30N6O8S4. The number of rotatable bonds is 3. The molecule has 4 amide bonds. The Kier molecular flexibility index (Phi) is 5.74. The molecular weight excluding hydrogens is 725 g/mol. The van der Waals surface area contributed by atoms with Crippen LogP contribution in [0.3, 0.4) is 0 Å². The SMILES string of the molecule is CC(=O)[C@@]12SS[C@]3(C(=O)N1C)[C@@H](O)[C@]1(C45c6ccccc6N[C@@H]4N4C(=O)[C@]6(C(C)O)SS[C@]4(C(=O)N6C)[C@H]5O)c4ccccc4N[C@@H]1N3C2=O. The van der Waals surface area contributed by atoms with Crippen LogP contribution in [0.1, 0.15) is 25.0 Å². The highest BCUT2D eigenvalue weighted by Crippen LogP contribution is 2.78. The number of hydrogen-bond acceptors (Lipinski definition) is 14. The van der Waals surface area contributed by atoms with Crippen LogP contribution in [0.2, 0.25) is 0 Å². The van der Waals surface area contributed by atoms with E-state index in [0.29, 0.717) is 22.5 Å². The molecule has 260 valence electrons. The molecule has 50 heavy (non-hydrogen) atoms. The number of likely N-dealkylation sites (N-methyl/N-ethyl adjacent to an activating group) is 2. The van der Waals surface area contributed by atoms with Gasteiger partial charge < -0.3 is 35.8 Å². The molecule has 2 aromatic carbocycles. The molecule has 8 fully saturated rings. The molecule has 8 saturated heterocycles. The normalized spacial score (nSPS) is 44.8. The highest BCUT2D eigenvalue weighted by Gasteiger charge is 2.93. The van der Waals surface area contributed by atoms with Crippen molar-refractivity contribution in [2.24, 2.45) is 0 Å². The lowest BCUT2D eigenvalue weighted by molar-refractivity contribution is -0.172. The summed E-state index contributed by atoms with van der Waals surface area (Å²) in [7, 11) is 6.69. The number of aliphatic hydroxyl groups is 3. The van der Waals surface area contributed by atoms with Crippen molar-refractivity contribution in [3.05, 3.63) is 59.7 Å². The van der Waals surface area contributed by atoms with E-state index in [1.54, 1.807) is 48.5 Å². The number of benzene rings is 2.